The second-order valence-electron chi connectivity index (χ2n) is 6.15. The second kappa shape index (κ2) is 6.61. The van der Waals surface area contributed by atoms with Crippen molar-refractivity contribution in [2.24, 2.45) is 23.0 Å². The first kappa shape index (κ1) is 14.0. The number of ether oxygens (including phenoxy) is 1. The van der Waals surface area contributed by atoms with Crippen LogP contribution in [0, 0.1) is 17.3 Å². The quantitative estimate of drug-likeness (QED) is 0.707. The topological polar surface area (TPSA) is 35.2 Å². The lowest BCUT2D eigenvalue weighted by atomic mass is 9.66. The average Bonchev–Trinajstić information content (AvgIpc) is 2.24. The molecule has 1 aliphatic rings. The Bertz CT molecular complexity index is 191. The van der Waals surface area contributed by atoms with E-state index < -0.39 is 0 Å². The maximum atomic E-state index is 5.89. The van der Waals surface area contributed by atoms with Crippen LogP contribution in [0.25, 0.3) is 0 Å². The van der Waals surface area contributed by atoms with Crippen molar-refractivity contribution < 1.29 is 4.74 Å². The SMILES string of the molecule is COCCCCC1CC(C)(C)CCC1CN. The molecule has 0 spiro atoms. The van der Waals surface area contributed by atoms with E-state index >= 15 is 0 Å². The van der Waals surface area contributed by atoms with E-state index in [1.807, 2.05) is 0 Å². The van der Waals surface area contributed by atoms with Gasteiger partial charge in [0, 0.05) is 13.7 Å². The summed E-state index contributed by atoms with van der Waals surface area (Å²) < 4.78 is 5.10. The Morgan fingerprint density at radius 1 is 1.25 bits per heavy atom. The van der Waals surface area contributed by atoms with Gasteiger partial charge in [-0.25, -0.2) is 0 Å². The van der Waals surface area contributed by atoms with Gasteiger partial charge in [0.2, 0.25) is 0 Å². The van der Waals surface area contributed by atoms with E-state index in [9.17, 15) is 0 Å². The molecular weight excluding hydrogens is 198 g/mol. The normalized spacial score (nSPS) is 29.2. The molecule has 1 saturated carbocycles. The van der Waals surface area contributed by atoms with Gasteiger partial charge in [0.15, 0.2) is 0 Å². The zero-order chi connectivity index (χ0) is 12.0. The van der Waals surface area contributed by atoms with Crippen molar-refractivity contribution in [3.63, 3.8) is 0 Å². The van der Waals surface area contributed by atoms with E-state index in [-0.39, 0.29) is 0 Å². The van der Waals surface area contributed by atoms with E-state index in [0.29, 0.717) is 5.41 Å². The summed E-state index contributed by atoms with van der Waals surface area (Å²) in [7, 11) is 1.78. The van der Waals surface area contributed by atoms with Crippen molar-refractivity contribution in [2.75, 3.05) is 20.3 Å². The fourth-order valence-corrected chi connectivity index (χ4v) is 3.09. The van der Waals surface area contributed by atoms with Crippen molar-refractivity contribution >= 4 is 0 Å². The van der Waals surface area contributed by atoms with Crippen LogP contribution in [0.3, 0.4) is 0 Å². The zero-order valence-electron chi connectivity index (χ0n) is 11.3. The van der Waals surface area contributed by atoms with Gasteiger partial charge in [0.05, 0.1) is 0 Å². The molecule has 0 amide bonds. The maximum absolute atomic E-state index is 5.89. The summed E-state index contributed by atoms with van der Waals surface area (Å²) in [6.07, 6.45) is 7.88. The third-order valence-electron chi connectivity index (χ3n) is 4.15. The molecule has 2 atom stereocenters. The third kappa shape index (κ3) is 4.42. The molecule has 0 heterocycles. The van der Waals surface area contributed by atoms with Crippen LogP contribution in [0.5, 0.6) is 0 Å². The molecule has 16 heavy (non-hydrogen) atoms. The minimum atomic E-state index is 0.539. The van der Waals surface area contributed by atoms with E-state index in [2.05, 4.69) is 13.8 Å². The van der Waals surface area contributed by atoms with Crippen LogP contribution in [-0.2, 0) is 4.74 Å². The monoisotopic (exact) mass is 227 g/mol. The predicted molar refractivity (Wildman–Crippen MR) is 69.4 cm³/mol. The van der Waals surface area contributed by atoms with Crippen LogP contribution in [-0.4, -0.2) is 20.3 Å². The molecule has 2 N–H and O–H groups in total. The number of rotatable bonds is 6. The summed E-state index contributed by atoms with van der Waals surface area (Å²) in [4.78, 5) is 0. The van der Waals surface area contributed by atoms with Gasteiger partial charge in [-0.15, -0.1) is 0 Å². The molecular formula is C14H29NO. The maximum Gasteiger partial charge on any atom is 0.0462 e. The highest BCUT2D eigenvalue weighted by Crippen LogP contribution is 2.43. The highest BCUT2D eigenvalue weighted by molar-refractivity contribution is 4.85. The van der Waals surface area contributed by atoms with E-state index in [4.69, 9.17) is 10.5 Å². The van der Waals surface area contributed by atoms with E-state index in [1.165, 1.54) is 38.5 Å². The average molecular weight is 227 g/mol. The molecule has 0 aliphatic heterocycles. The Morgan fingerprint density at radius 3 is 2.62 bits per heavy atom. The molecule has 1 aliphatic carbocycles. The second-order valence-corrected chi connectivity index (χ2v) is 6.15. The Kier molecular flexibility index (Phi) is 5.77. The Labute approximate surface area is 101 Å². The molecule has 0 aromatic carbocycles. The Hall–Kier alpha value is -0.0800. The Balaban J connectivity index is 2.34. The molecule has 1 fully saturated rings. The lowest BCUT2D eigenvalue weighted by Crippen LogP contribution is -2.34. The number of unbranched alkanes of at least 4 members (excludes halogenated alkanes) is 1. The molecule has 2 unspecified atom stereocenters. The highest BCUT2D eigenvalue weighted by atomic mass is 16.5. The number of methoxy groups -OCH3 is 1. The van der Waals surface area contributed by atoms with Gasteiger partial charge in [-0.2, -0.15) is 0 Å². The lowest BCUT2D eigenvalue weighted by Gasteiger charge is -2.40. The molecule has 96 valence electrons. The van der Waals surface area contributed by atoms with Crippen LogP contribution in [0.4, 0.5) is 0 Å². The highest BCUT2D eigenvalue weighted by Gasteiger charge is 2.33. The van der Waals surface area contributed by atoms with Gasteiger partial charge in [-0.3, -0.25) is 0 Å². The zero-order valence-corrected chi connectivity index (χ0v) is 11.3. The van der Waals surface area contributed by atoms with Gasteiger partial charge in [-0.1, -0.05) is 26.7 Å². The molecule has 1 rings (SSSR count). The van der Waals surface area contributed by atoms with Gasteiger partial charge in [0.25, 0.3) is 0 Å². The van der Waals surface area contributed by atoms with Crippen molar-refractivity contribution in [1.82, 2.24) is 0 Å². The van der Waals surface area contributed by atoms with Gasteiger partial charge in [0.1, 0.15) is 0 Å². The molecule has 0 aromatic heterocycles. The van der Waals surface area contributed by atoms with E-state index in [1.54, 1.807) is 7.11 Å². The fraction of sp³-hybridized carbons (Fsp3) is 1.00. The summed E-state index contributed by atoms with van der Waals surface area (Å²) in [6, 6.07) is 0. The van der Waals surface area contributed by atoms with E-state index in [0.717, 1.165) is 25.0 Å². The summed E-state index contributed by atoms with van der Waals surface area (Å²) >= 11 is 0. The van der Waals surface area contributed by atoms with Crippen LogP contribution in [0.1, 0.15) is 52.4 Å². The molecule has 0 aromatic rings. The molecule has 2 nitrogen and oxygen atoms in total. The largest absolute Gasteiger partial charge is 0.385 e. The summed E-state index contributed by atoms with van der Waals surface area (Å²) in [5.41, 5.74) is 6.43. The predicted octanol–water partition coefficient (Wildman–Crippen LogP) is 3.20. The first-order valence-electron chi connectivity index (χ1n) is 6.78. The van der Waals surface area contributed by atoms with Crippen molar-refractivity contribution in [3.05, 3.63) is 0 Å². The lowest BCUT2D eigenvalue weighted by molar-refractivity contribution is 0.110. The number of hydrogen-bond acceptors (Lipinski definition) is 2. The first-order chi connectivity index (χ1) is 7.59. The standard InChI is InChI=1S/C14H29NO/c1-14(2)8-7-13(11-15)12(10-14)6-4-5-9-16-3/h12-13H,4-11,15H2,1-3H3. The Morgan fingerprint density at radius 2 is 2.00 bits per heavy atom. The summed E-state index contributed by atoms with van der Waals surface area (Å²) in [5.74, 6) is 1.63. The van der Waals surface area contributed by atoms with Crippen LogP contribution < -0.4 is 5.73 Å². The van der Waals surface area contributed by atoms with Crippen molar-refractivity contribution in [1.29, 1.82) is 0 Å². The minimum absolute atomic E-state index is 0.539. The van der Waals surface area contributed by atoms with Gasteiger partial charge in [-0.05, 0) is 49.5 Å². The smallest absolute Gasteiger partial charge is 0.0462 e. The molecule has 0 bridgehead atoms. The molecule has 0 saturated heterocycles. The van der Waals surface area contributed by atoms with Crippen molar-refractivity contribution in [3.8, 4) is 0 Å². The van der Waals surface area contributed by atoms with Crippen LogP contribution >= 0.6 is 0 Å². The van der Waals surface area contributed by atoms with Gasteiger partial charge < -0.3 is 10.5 Å². The fourth-order valence-electron chi connectivity index (χ4n) is 3.09. The van der Waals surface area contributed by atoms with Gasteiger partial charge >= 0.3 is 0 Å². The minimum Gasteiger partial charge on any atom is -0.385 e. The first-order valence-corrected chi connectivity index (χ1v) is 6.78. The molecule has 2 heteroatoms. The van der Waals surface area contributed by atoms with Crippen LogP contribution in [0.2, 0.25) is 0 Å². The summed E-state index contributed by atoms with van der Waals surface area (Å²) in [6.45, 7) is 6.60. The number of hydrogen-bond donors (Lipinski definition) is 1. The molecule has 0 radical (unpaired) electrons. The van der Waals surface area contributed by atoms with Crippen molar-refractivity contribution in [2.45, 2.75) is 52.4 Å². The third-order valence-corrected chi connectivity index (χ3v) is 4.15. The number of nitrogens with two attached hydrogens (primary N) is 1. The summed E-state index contributed by atoms with van der Waals surface area (Å²) in [5, 5.41) is 0. The van der Waals surface area contributed by atoms with Crippen LogP contribution in [0.15, 0.2) is 0 Å².